The monoisotopic (exact) mass is 328 g/mol. The highest BCUT2D eigenvalue weighted by atomic mass is 79.9. The second-order valence-electron chi connectivity index (χ2n) is 4.51. The predicted octanol–water partition coefficient (Wildman–Crippen LogP) is 3.97. The molecule has 3 nitrogen and oxygen atoms in total. The molecule has 0 heterocycles. The van der Waals surface area contributed by atoms with Crippen LogP contribution in [0.3, 0.4) is 0 Å². The van der Waals surface area contributed by atoms with E-state index in [1.54, 1.807) is 0 Å². The first-order valence-corrected chi connectivity index (χ1v) is 7.82. The van der Waals surface area contributed by atoms with Gasteiger partial charge in [-0.3, -0.25) is 0 Å². The molecule has 1 aliphatic carbocycles. The van der Waals surface area contributed by atoms with Crippen molar-refractivity contribution in [3.63, 3.8) is 0 Å². The number of benzene rings is 1. The number of rotatable bonds is 3. The van der Waals surface area contributed by atoms with E-state index in [1.165, 1.54) is 37.0 Å². The first kappa shape index (κ1) is 13.7. The molecule has 0 spiro atoms. The van der Waals surface area contributed by atoms with Gasteiger partial charge in [0.1, 0.15) is 0 Å². The molecule has 0 aromatic heterocycles. The van der Waals surface area contributed by atoms with Crippen LogP contribution in [-0.4, -0.2) is 16.3 Å². The number of halogens is 1. The number of nitrogens with two attached hydrogens (primary N) is 1. The number of nitrogens with zero attached hydrogens (tertiary/aromatic N) is 1. The van der Waals surface area contributed by atoms with Crippen molar-refractivity contribution in [2.24, 2.45) is 10.9 Å². The average Bonchev–Trinajstić information content (AvgIpc) is 2.41. The van der Waals surface area contributed by atoms with Crippen LogP contribution in [0.5, 0.6) is 0 Å². The third-order valence-corrected chi connectivity index (χ3v) is 5.51. The predicted molar refractivity (Wildman–Crippen MR) is 79.4 cm³/mol. The topological polar surface area (TPSA) is 58.6 Å². The highest BCUT2D eigenvalue weighted by Crippen LogP contribution is 2.37. The molecule has 0 radical (unpaired) electrons. The Kier molecular flexibility index (Phi) is 4.95. The summed E-state index contributed by atoms with van der Waals surface area (Å²) in [5.74, 6) is 0.143. The highest BCUT2D eigenvalue weighted by Gasteiger charge is 2.16. The zero-order valence-corrected chi connectivity index (χ0v) is 12.5. The minimum absolute atomic E-state index is 0.143. The Balaban J connectivity index is 2.09. The summed E-state index contributed by atoms with van der Waals surface area (Å²) in [4.78, 5) is 1.23. The summed E-state index contributed by atoms with van der Waals surface area (Å²) in [6, 6.07) is 5.84. The fourth-order valence-corrected chi connectivity index (χ4v) is 4.08. The number of hydrogen-bond acceptors (Lipinski definition) is 3. The first-order valence-electron chi connectivity index (χ1n) is 6.15. The van der Waals surface area contributed by atoms with Gasteiger partial charge >= 0.3 is 0 Å². The fraction of sp³-hybridized carbons (Fsp3) is 0.462. The fourth-order valence-electron chi connectivity index (χ4n) is 2.18. The third kappa shape index (κ3) is 3.42. The van der Waals surface area contributed by atoms with Crippen molar-refractivity contribution in [3.05, 3.63) is 28.2 Å². The summed E-state index contributed by atoms with van der Waals surface area (Å²) in [5, 5.41) is 12.4. The number of thioether (sulfide) groups is 1. The molecule has 1 saturated carbocycles. The maximum absolute atomic E-state index is 8.65. The van der Waals surface area contributed by atoms with E-state index in [4.69, 9.17) is 10.9 Å². The van der Waals surface area contributed by atoms with Crippen LogP contribution in [0.4, 0.5) is 0 Å². The van der Waals surface area contributed by atoms with Gasteiger partial charge in [0.2, 0.25) is 0 Å². The number of oxime groups is 1. The van der Waals surface area contributed by atoms with Gasteiger partial charge in [0.25, 0.3) is 0 Å². The Morgan fingerprint density at radius 1 is 1.33 bits per heavy atom. The van der Waals surface area contributed by atoms with Crippen molar-refractivity contribution in [2.75, 3.05) is 0 Å². The van der Waals surface area contributed by atoms with Gasteiger partial charge in [0, 0.05) is 20.2 Å². The summed E-state index contributed by atoms with van der Waals surface area (Å²) in [6.07, 6.45) is 6.67. The van der Waals surface area contributed by atoms with Crippen LogP contribution in [0.1, 0.15) is 37.7 Å². The summed E-state index contributed by atoms with van der Waals surface area (Å²) in [6.45, 7) is 0. The Labute approximate surface area is 120 Å². The molecular formula is C13H17BrN2OS. The van der Waals surface area contributed by atoms with Gasteiger partial charge < -0.3 is 10.9 Å². The first-order chi connectivity index (χ1) is 8.70. The quantitative estimate of drug-likeness (QED) is 0.382. The minimum atomic E-state index is 0.143. The normalized spacial score (nSPS) is 17.9. The van der Waals surface area contributed by atoms with Crippen LogP contribution < -0.4 is 5.73 Å². The lowest BCUT2D eigenvalue weighted by molar-refractivity contribution is 0.318. The third-order valence-electron chi connectivity index (χ3n) is 3.18. The van der Waals surface area contributed by atoms with E-state index in [9.17, 15) is 0 Å². The molecular weight excluding hydrogens is 312 g/mol. The largest absolute Gasteiger partial charge is 0.409 e. The molecule has 5 heteroatoms. The van der Waals surface area contributed by atoms with Crippen LogP contribution in [0.15, 0.2) is 32.7 Å². The summed E-state index contributed by atoms with van der Waals surface area (Å²) >= 11 is 5.49. The second kappa shape index (κ2) is 6.48. The molecule has 0 bridgehead atoms. The minimum Gasteiger partial charge on any atom is -0.409 e. The van der Waals surface area contributed by atoms with Crippen molar-refractivity contribution < 1.29 is 5.21 Å². The lowest BCUT2D eigenvalue weighted by Crippen LogP contribution is -2.13. The van der Waals surface area contributed by atoms with Crippen molar-refractivity contribution in [1.29, 1.82) is 0 Å². The van der Waals surface area contributed by atoms with E-state index in [0.29, 0.717) is 0 Å². The van der Waals surface area contributed by atoms with Gasteiger partial charge in [0.05, 0.1) is 0 Å². The molecule has 0 saturated heterocycles. The average molecular weight is 329 g/mol. The zero-order chi connectivity index (χ0) is 13.0. The summed E-state index contributed by atoms with van der Waals surface area (Å²) in [5.41, 5.74) is 6.30. The van der Waals surface area contributed by atoms with Crippen molar-refractivity contribution in [2.45, 2.75) is 42.2 Å². The Bertz CT molecular complexity index is 445. The van der Waals surface area contributed by atoms with Gasteiger partial charge in [-0.2, -0.15) is 0 Å². The van der Waals surface area contributed by atoms with Gasteiger partial charge in [-0.05, 0) is 47.0 Å². The van der Waals surface area contributed by atoms with Gasteiger partial charge in [0.15, 0.2) is 5.84 Å². The van der Waals surface area contributed by atoms with Crippen LogP contribution in [0.25, 0.3) is 0 Å². The highest BCUT2D eigenvalue weighted by molar-refractivity contribution is 9.10. The SMILES string of the molecule is N/C(=N/O)c1ccc(SC2CCCCC2)c(Br)c1. The molecule has 0 aliphatic heterocycles. The molecule has 1 fully saturated rings. The molecule has 3 N–H and O–H groups in total. The van der Waals surface area contributed by atoms with E-state index < -0.39 is 0 Å². The second-order valence-corrected chi connectivity index (χ2v) is 6.70. The van der Waals surface area contributed by atoms with Crippen LogP contribution in [0.2, 0.25) is 0 Å². The smallest absolute Gasteiger partial charge is 0.170 e. The molecule has 2 rings (SSSR count). The number of amidine groups is 1. The zero-order valence-electron chi connectivity index (χ0n) is 10.1. The van der Waals surface area contributed by atoms with Gasteiger partial charge in [-0.1, -0.05) is 24.4 Å². The van der Waals surface area contributed by atoms with Crippen molar-refractivity contribution >= 4 is 33.5 Å². The Morgan fingerprint density at radius 2 is 2.06 bits per heavy atom. The molecule has 1 aliphatic rings. The molecule has 0 amide bonds. The van der Waals surface area contributed by atoms with E-state index in [1.807, 2.05) is 30.0 Å². The van der Waals surface area contributed by atoms with Crippen LogP contribution >= 0.6 is 27.7 Å². The lowest BCUT2D eigenvalue weighted by Gasteiger charge is -2.21. The number of hydrogen-bond donors (Lipinski definition) is 2. The van der Waals surface area contributed by atoms with E-state index in [-0.39, 0.29) is 5.84 Å². The molecule has 98 valence electrons. The molecule has 0 unspecified atom stereocenters. The van der Waals surface area contributed by atoms with Gasteiger partial charge in [-0.15, -0.1) is 11.8 Å². The summed E-state index contributed by atoms with van der Waals surface area (Å²) in [7, 11) is 0. The van der Waals surface area contributed by atoms with E-state index >= 15 is 0 Å². The van der Waals surface area contributed by atoms with Crippen molar-refractivity contribution in [1.82, 2.24) is 0 Å². The van der Waals surface area contributed by atoms with E-state index in [2.05, 4.69) is 21.1 Å². The molecule has 18 heavy (non-hydrogen) atoms. The van der Waals surface area contributed by atoms with Gasteiger partial charge in [-0.25, -0.2) is 0 Å². The van der Waals surface area contributed by atoms with Crippen LogP contribution in [-0.2, 0) is 0 Å². The lowest BCUT2D eigenvalue weighted by atomic mass is 10.0. The summed E-state index contributed by atoms with van der Waals surface area (Å²) < 4.78 is 1.02. The maximum Gasteiger partial charge on any atom is 0.170 e. The van der Waals surface area contributed by atoms with Crippen molar-refractivity contribution in [3.8, 4) is 0 Å². The maximum atomic E-state index is 8.65. The molecule has 1 aromatic carbocycles. The Hall–Kier alpha value is -0.680. The molecule has 0 atom stereocenters. The Morgan fingerprint density at radius 3 is 2.67 bits per heavy atom. The van der Waals surface area contributed by atoms with E-state index in [0.717, 1.165) is 15.3 Å². The molecule has 1 aromatic rings. The van der Waals surface area contributed by atoms with Crippen LogP contribution in [0, 0.1) is 0 Å². The standard InChI is InChI=1S/C13H17BrN2OS/c14-11-8-9(13(15)16-17)6-7-12(11)18-10-4-2-1-3-5-10/h6-8,10,17H,1-5H2,(H2,15,16).